The Kier molecular flexibility index (Phi) is 3.31. The molecule has 0 aromatic carbocycles. The molecule has 13 heavy (non-hydrogen) atoms. The minimum absolute atomic E-state index is 0.141. The lowest BCUT2D eigenvalue weighted by molar-refractivity contribution is -0.120. The summed E-state index contributed by atoms with van der Waals surface area (Å²) in [5, 5.41) is 3.24. The molecular formula is C10H20N2O. The van der Waals surface area contributed by atoms with Gasteiger partial charge in [0, 0.05) is 6.54 Å². The van der Waals surface area contributed by atoms with Crippen molar-refractivity contribution >= 4 is 5.91 Å². The Balaban J connectivity index is 2.27. The molecule has 0 spiro atoms. The van der Waals surface area contributed by atoms with Crippen LogP contribution in [0.3, 0.4) is 0 Å². The summed E-state index contributed by atoms with van der Waals surface area (Å²) in [5.41, 5.74) is 5.65. The molecule has 3 N–H and O–H groups in total. The maximum atomic E-state index is 10.9. The maximum absolute atomic E-state index is 10.9. The SMILES string of the molecule is CCC(NCC1(C)CCC1)C(N)=O. The lowest BCUT2D eigenvalue weighted by Gasteiger charge is -2.39. The highest BCUT2D eigenvalue weighted by Gasteiger charge is 2.32. The predicted molar refractivity (Wildman–Crippen MR) is 53.2 cm³/mol. The van der Waals surface area contributed by atoms with Crippen LogP contribution >= 0.6 is 0 Å². The first-order valence-corrected chi connectivity index (χ1v) is 5.10. The largest absolute Gasteiger partial charge is 0.368 e. The van der Waals surface area contributed by atoms with Crippen LogP contribution in [-0.4, -0.2) is 18.5 Å². The molecule has 0 aliphatic heterocycles. The molecule has 1 unspecified atom stereocenters. The fourth-order valence-corrected chi connectivity index (χ4v) is 1.77. The summed E-state index contributed by atoms with van der Waals surface area (Å²) in [6.07, 6.45) is 4.65. The monoisotopic (exact) mass is 184 g/mol. The van der Waals surface area contributed by atoms with E-state index < -0.39 is 0 Å². The zero-order valence-electron chi connectivity index (χ0n) is 8.60. The van der Waals surface area contributed by atoms with Crippen LogP contribution in [0.1, 0.15) is 39.5 Å². The van der Waals surface area contributed by atoms with Crippen LogP contribution in [0.15, 0.2) is 0 Å². The summed E-state index contributed by atoms with van der Waals surface area (Å²) < 4.78 is 0. The van der Waals surface area contributed by atoms with Crippen molar-refractivity contribution in [2.75, 3.05) is 6.54 Å². The third kappa shape index (κ3) is 2.69. The lowest BCUT2D eigenvalue weighted by atomic mass is 9.70. The van der Waals surface area contributed by atoms with Crippen molar-refractivity contribution in [2.45, 2.75) is 45.6 Å². The van der Waals surface area contributed by atoms with Crippen LogP contribution < -0.4 is 11.1 Å². The molecule has 3 heteroatoms. The number of nitrogens with one attached hydrogen (secondary N) is 1. The Labute approximate surface area is 80.1 Å². The normalized spacial score (nSPS) is 22.0. The summed E-state index contributed by atoms with van der Waals surface area (Å²) in [7, 11) is 0. The molecule has 1 aliphatic carbocycles. The van der Waals surface area contributed by atoms with Crippen LogP contribution in [0.5, 0.6) is 0 Å². The van der Waals surface area contributed by atoms with E-state index in [0.29, 0.717) is 5.41 Å². The van der Waals surface area contributed by atoms with Gasteiger partial charge >= 0.3 is 0 Å². The number of primary amides is 1. The highest BCUT2D eigenvalue weighted by molar-refractivity contribution is 5.79. The molecule has 1 fully saturated rings. The quantitative estimate of drug-likeness (QED) is 0.670. The van der Waals surface area contributed by atoms with Crippen LogP contribution in [0.4, 0.5) is 0 Å². The smallest absolute Gasteiger partial charge is 0.234 e. The second-order valence-electron chi connectivity index (χ2n) is 4.41. The van der Waals surface area contributed by atoms with E-state index in [1.54, 1.807) is 0 Å². The van der Waals surface area contributed by atoms with Crippen molar-refractivity contribution in [3.05, 3.63) is 0 Å². The molecule has 1 saturated carbocycles. The van der Waals surface area contributed by atoms with Gasteiger partial charge in [0.2, 0.25) is 5.91 Å². The zero-order valence-corrected chi connectivity index (χ0v) is 8.60. The minimum Gasteiger partial charge on any atom is -0.368 e. The van der Waals surface area contributed by atoms with Gasteiger partial charge in [0.15, 0.2) is 0 Å². The summed E-state index contributed by atoms with van der Waals surface area (Å²) in [4.78, 5) is 10.9. The van der Waals surface area contributed by atoms with E-state index in [0.717, 1.165) is 13.0 Å². The van der Waals surface area contributed by atoms with E-state index >= 15 is 0 Å². The van der Waals surface area contributed by atoms with Crippen LogP contribution in [0, 0.1) is 5.41 Å². The van der Waals surface area contributed by atoms with Crippen LogP contribution in [-0.2, 0) is 4.79 Å². The van der Waals surface area contributed by atoms with E-state index in [1.165, 1.54) is 19.3 Å². The van der Waals surface area contributed by atoms with Gasteiger partial charge in [0.1, 0.15) is 0 Å². The summed E-state index contributed by atoms with van der Waals surface area (Å²) in [6.45, 7) is 5.16. The van der Waals surface area contributed by atoms with Gasteiger partial charge in [-0.05, 0) is 24.7 Å². The van der Waals surface area contributed by atoms with E-state index in [9.17, 15) is 4.79 Å². The Bertz CT molecular complexity index is 187. The summed E-state index contributed by atoms with van der Waals surface area (Å²) in [5.74, 6) is -0.231. The third-order valence-corrected chi connectivity index (χ3v) is 3.09. The number of hydrogen-bond acceptors (Lipinski definition) is 2. The predicted octanol–water partition coefficient (Wildman–Crippen LogP) is 1.03. The molecule has 0 aromatic rings. The molecule has 0 saturated heterocycles. The van der Waals surface area contributed by atoms with Gasteiger partial charge in [-0.1, -0.05) is 20.3 Å². The fourth-order valence-electron chi connectivity index (χ4n) is 1.77. The first-order chi connectivity index (χ1) is 6.07. The Hall–Kier alpha value is -0.570. The standard InChI is InChI=1S/C10H20N2O/c1-3-8(9(11)13)12-7-10(2)5-4-6-10/h8,12H,3-7H2,1-2H3,(H2,11,13). The van der Waals surface area contributed by atoms with Gasteiger partial charge in [-0.2, -0.15) is 0 Å². The van der Waals surface area contributed by atoms with E-state index in [2.05, 4.69) is 12.2 Å². The van der Waals surface area contributed by atoms with Crippen molar-refractivity contribution < 1.29 is 4.79 Å². The average molecular weight is 184 g/mol. The van der Waals surface area contributed by atoms with E-state index in [4.69, 9.17) is 5.73 Å². The van der Waals surface area contributed by atoms with Gasteiger partial charge in [-0.15, -0.1) is 0 Å². The second kappa shape index (κ2) is 4.09. The summed E-state index contributed by atoms with van der Waals surface area (Å²) >= 11 is 0. The van der Waals surface area contributed by atoms with Gasteiger partial charge in [0.05, 0.1) is 6.04 Å². The van der Waals surface area contributed by atoms with E-state index in [-0.39, 0.29) is 11.9 Å². The Morgan fingerprint density at radius 1 is 1.62 bits per heavy atom. The molecule has 76 valence electrons. The number of rotatable bonds is 5. The molecule has 0 aromatic heterocycles. The molecule has 1 atom stereocenters. The molecular weight excluding hydrogens is 164 g/mol. The van der Waals surface area contributed by atoms with Crippen molar-refractivity contribution in [2.24, 2.45) is 11.1 Å². The number of amides is 1. The Morgan fingerprint density at radius 2 is 2.23 bits per heavy atom. The molecule has 0 bridgehead atoms. The highest BCUT2D eigenvalue weighted by atomic mass is 16.1. The number of hydrogen-bond donors (Lipinski definition) is 2. The summed E-state index contributed by atoms with van der Waals surface area (Å²) in [6, 6.07) is -0.141. The average Bonchev–Trinajstić information content (AvgIpc) is 2.02. The Morgan fingerprint density at radius 3 is 2.54 bits per heavy atom. The lowest BCUT2D eigenvalue weighted by Crippen LogP contribution is -2.47. The topological polar surface area (TPSA) is 55.1 Å². The highest BCUT2D eigenvalue weighted by Crippen LogP contribution is 2.39. The fraction of sp³-hybridized carbons (Fsp3) is 0.900. The molecule has 0 radical (unpaired) electrons. The third-order valence-electron chi connectivity index (χ3n) is 3.09. The van der Waals surface area contributed by atoms with Crippen molar-refractivity contribution in [1.29, 1.82) is 0 Å². The number of carbonyl (C=O) groups is 1. The first-order valence-electron chi connectivity index (χ1n) is 5.10. The molecule has 3 nitrogen and oxygen atoms in total. The molecule has 1 aliphatic rings. The van der Waals surface area contributed by atoms with Crippen LogP contribution in [0.25, 0.3) is 0 Å². The van der Waals surface area contributed by atoms with Crippen molar-refractivity contribution in [3.8, 4) is 0 Å². The molecule has 1 rings (SSSR count). The van der Waals surface area contributed by atoms with Gasteiger partial charge in [-0.3, -0.25) is 4.79 Å². The zero-order chi connectivity index (χ0) is 9.90. The number of nitrogens with two attached hydrogens (primary N) is 1. The van der Waals surface area contributed by atoms with Crippen molar-refractivity contribution in [1.82, 2.24) is 5.32 Å². The van der Waals surface area contributed by atoms with Gasteiger partial charge in [-0.25, -0.2) is 0 Å². The van der Waals surface area contributed by atoms with Crippen molar-refractivity contribution in [3.63, 3.8) is 0 Å². The van der Waals surface area contributed by atoms with Gasteiger partial charge in [0.25, 0.3) is 0 Å². The number of carbonyl (C=O) groups excluding carboxylic acids is 1. The molecule has 1 amide bonds. The van der Waals surface area contributed by atoms with Crippen LogP contribution in [0.2, 0.25) is 0 Å². The van der Waals surface area contributed by atoms with E-state index in [1.807, 2.05) is 6.92 Å². The second-order valence-corrected chi connectivity index (χ2v) is 4.41. The van der Waals surface area contributed by atoms with Gasteiger partial charge < -0.3 is 11.1 Å². The maximum Gasteiger partial charge on any atom is 0.234 e. The molecule has 0 heterocycles. The minimum atomic E-state index is -0.231. The first kappa shape index (κ1) is 10.5.